The van der Waals surface area contributed by atoms with E-state index in [2.05, 4.69) is 23.8 Å². The zero-order valence-corrected chi connectivity index (χ0v) is 15.9. The lowest BCUT2D eigenvalue weighted by atomic mass is 9.94. The topological polar surface area (TPSA) is 61.4 Å². The van der Waals surface area contributed by atoms with E-state index in [-0.39, 0.29) is 36.2 Å². The Hall–Kier alpha value is -1.33. The van der Waals surface area contributed by atoms with Crippen LogP contribution in [-0.2, 0) is 9.59 Å². The summed E-state index contributed by atoms with van der Waals surface area (Å²) in [6.45, 7) is 10.7. The average molecular weight is 370 g/mol. The maximum absolute atomic E-state index is 12.7. The number of likely N-dealkylation sites (tertiary alicyclic amines) is 1. The van der Waals surface area contributed by atoms with Crippen molar-refractivity contribution in [2.75, 3.05) is 26.2 Å². The molecule has 0 aromatic rings. The Bertz CT molecular complexity index is 454. The highest BCUT2D eigenvalue weighted by molar-refractivity contribution is 5.85. The molecule has 25 heavy (non-hydrogen) atoms. The first kappa shape index (κ1) is 21.7. The molecule has 0 spiro atoms. The summed E-state index contributed by atoms with van der Waals surface area (Å²) in [5, 5.41) is 6.28. The molecule has 0 bridgehead atoms. The third-order valence-corrected chi connectivity index (χ3v) is 5.02. The Morgan fingerprint density at radius 1 is 1.20 bits per heavy atom. The van der Waals surface area contributed by atoms with Crippen molar-refractivity contribution in [2.24, 2.45) is 11.8 Å². The number of halogens is 1. The summed E-state index contributed by atoms with van der Waals surface area (Å²) >= 11 is 0. The summed E-state index contributed by atoms with van der Waals surface area (Å²) in [5.74, 6) is 0.604. The van der Waals surface area contributed by atoms with Gasteiger partial charge >= 0.3 is 0 Å². The minimum absolute atomic E-state index is 0. The van der Waals surface area contributed by atoms with Gasteiger partial charge in [-0.3, -0.25) is 9.59 Å². The maximum Gasteiger partial charge on any atom is 0.237 e. The standard InChI is InChI=1S/C19H31N3O2.ClH/c1-3-7-16(8-4-2)19(24)22-12-6-9-15(14-22)13-21-18(23)17-10-5-11-20-17;/h3-4,15-17,20H,1-2,5-14H2,(H,21,23);1H. The van der Waals surface area contributed by atoms with Gasteiger partial charge in [-0.2, -0.15) is 0 Å². The summed E-state index contributed by atoms with van der Waals surface area (Å²) in [6, 6.07) is -0.0316. The van der Waals surface area contributed by atoms with E-state index in [1.54, 1.807) is 0 Å². The number of nitrogens with one attached hydrogen (secondary N) is 2. The molecule has 0 aromatic carbocycles. The number of carbonyl (C=O) groups is 2. The molecule has 2 heterocycles. The summed E-state index contributed by atoms with van der Waals surface area (Å²) < 4.78 is 0. The van der Waals surface area contributed by atoms with Crippen LogP contribution in [0.25, 0.3) is 0 Å². The van der Waals surface area contributed by atoms with Gasteiger partial charge in [0.1, 0.15) is 0 Å². The molecule has 2 atom stereocenters. The van der Waals surface area contributed by atoms with Gasteiger partial charge in [0.05, 0.1) is 6.04 Å². The minimum atomic E-state index is -0.0453. The fourth-order valence-corrected chi connectivity index (χ4v) is 3.67. The van der Waals surface area contributed by atoms with Crippen molar-refractivity contribution in [1.29, 1.82) is 0 Å². The van der Waals surface area contributed by atoms with Crippen molar-refractivity contribution in [3.8, 4) is 0 Å². The Morgan fingerprint density at radius 3 is 2.52 bits per heavy atom. The molecule has 2 aliphatic heterocycles. The molecule has 2 aliphatic rings. The molecule has 0 aromatic heterocycles. The lowest BCUT2D eigenvalue weighted by molar-refractivity contribution is -0.137. The van der Waals surface area contributed by atoms with Crippen molar-refractivity contribution in [1.82, 2.24) is 15.5 Å². The smallest absolute Gasteiger partial charge is 0.237 e. The van der Waals surface area contributed by atoms with Gasteiger partial charge in [-0.15, -0.1) is 25.6 Å². The molecule has 2 amide bonds. The van der Waals surface area contributed by atoms with Crippen LogP contribution in [0.4, 0.5) is 0 Å². The van der Waals surface area contributed by atoms with Crippen LogP contribution in [0, 0.1) is 11.8 Å². The molecule has 5 nitrogen and oxygen atoms in total. The van der Waals surface area contributed by atoms with Gasteiger partial charge < -0.3 is 15.5 Å². The third kappa shape index (κ3) is 6.48. The van der Waals surface area contributed by atoms with Gasteiger partial charge in [0, 0.05) is 25.6 Å². The second kappa shape index (κ2) is 11.3. The zero-order valence-electron chi connectivity index (χ0n) is 15.0. The molecule has 2 unspecified atom stereocenters. The summed E-state index contributed by atoms with van der Waals surface area (Å²) in [4.78, 5) is 26.8. The molecule has 142 valence electrons. The molecule has 6 heteroatoms. The van der Waals surface area contributed by atoms with Crippen LogP contribution in [0.3, 0.4) is 0 Å². The fraction of sp³-hybridized carbons (Fsp3) is 0.684. The number of nitrogens with zero attached hydrogens (tertiary/aromatic N) is 1. The van der Waals surface area contributed by atoms with Crippen molar-refractivity contribution < 1.29 is 9.59 Å². The molecule has 2 rings (SSSR count). The number of carbonyl (C=O) groups excluding carboxylic acids is 2. The van der Waals surface area contributed by atoms with E-state index in [0.717, 1.165) is 45.3 Å². The van der Waals surface area contributed by atoms with Crippen molar-refractivity contribution in [3.05, 3.63) is 25.3 Å². The predicted molar refractivity (Wildman–Crippen MR) is 104 cm³/mol. The molecule has 2 saturated heterocycles. The molecular weight excluding hydrogens is 338 g/mol. The third-order valence-electron chi connectivity index (χ3n) is 5.02. The molecule has 2 fully saturated rings. The Labute approximate surface area is 157 Å². The summed E-state index contributed by atoms with van der Waals surface area (Å²) in [6.07, 6.45) is 9.05. The number of allylic oxidation sites excluding steroid dienone is 2. The number of amides is 2. The van der Waals surface area contributed by atoms with Gasteiger partial charge in [0.25, 0.3) is 0 Å². The lowest BCUT2D eigenvalue weighted by Crippen LogP contribution is -2.47. The first-order chi connectivity index (χ1) is 11.7. The van der Waals surface area contributed by atoms with E-state index in [1.807, 2.05) is 17.1 Å². The zero-order chi connectivity index (χ0) is 17.4. The second-order valence-corrected chi connectivity index (χ2v) is 6.93. The van der Waals surface area contributed by atoms with Crippen molar-refractivity contribution >= 4 is 24.2 Å². The van der Waals surface area contributed by atoms with Crippen LogP contribution >= 0.6 is 12.4 Å². The van der Waals surface area contributed by atoms with Gasteiger partial charge in [0.2, 0.25) is 11.8 Å². The molecular formula is C19H32ClN3O2. The van der Waals surface area contributed by atoms with Gasteiger partial charge in [-0.25, -0.2) is 0 Å². The fourth-order valence-electron chi connectivity index (χ4n) is 3.67. The van der Waals surface area contributed by atoms with Crippen molar-refractivity contribution in [2.45, 2.75) is 44.6 Å². The van der Waals surface area contributed by atoms with Crippen LogP contribution in [0.1, 0.15) is 38.5 Å². The van der Waals surface area contributed by atoms with Crippen LogP contribution in [-0.4, -0.2) is 48.9 Å². The number of rotatable bonds is 8. The first-order valence-electron chi connectivity index (χ1n) is 9.17. The maximum atomic E-state index is 12.7. The Balaban J connectivity index is 0.00000312. The molecule has 2 N–H and O–H groups in total. The SMILES string of the molecule is C=CCC(CC=C)C(=O)N1CCCC(CNC(=O)C2CCCN2)C1.Cl. The largest absolute Gasteiger partial charge is 0.354 e. The highest BCUT2D eigenvalue weighted by atomic mass is 35.5. The van der Waals surface area contributed by atoms with E-state index >= 15 is 0 Å². The van der Waals surface area contributed by atoms with E-state index in [1.165, 1.54) is 0 Å². The summed E-state index contributed by atoms with van der Waals surface area (Å²) in [5.41, 5.74) is 0. The number of hydrogen-bond acceptors (Lipinski definition) is 3. The quantitative estimate of drug-likeness (QED) is 0.645. The van der Waals surface area contributed by atoms with E-state index < -0.39 is 0 Å². The summed E-state index contributed by atoms with van der Waals surface area (Å²) in [7, 11) is 0. The van der Waals surface area contributed by atoms with E-state index in [0.29, 0.717) is 25.3 Å². The normalized spacial score (nSPS) is 23.0. The molecule has 0 saturated carbocycles. The second-order valence-electron chi connectivity index (χ2n) is 6.93. The Morgan fingerprint density at radius 2 is 1.92 bits per heavy atom. The van der Waals surface area contributed by atoms with Gasteiger partial charge in [-0.1, -0.05) is 12.2 Å². The highest BCUT2D eigenvalue weighted by Crippen LogP contribution is 2.21. The van der Waals surface area contributed by atoms with Crippen LogP contribution in [0.15, 0.2) is 25.3 Å². The lowest BCUT2D eigenvalue weighted by Gasteiger charge is -2.35. The van der Waals surface area contributed by atoms with Crippen LogP contribution < -0.4 is 10.6 Å². The predicted octanol–water partition coefficient (Wildman–Crippen LogP) is 2.28. The van der Waals surface area contributed by atoms with Crippen LogP contribution in [0.2, 0.25) is 0 Å². The van der Waals surface area contributed by atoms with Crippen LogP contribution in [0.5, 0.6) is 0 Å². The molecule has 0 radical (unpaired) electrons. The monoisotopic (exact) mass is 369 g/mol. The van der Waals surface area contributed by atoms with Gasteiger partial charge in [-0.05, 0) is 51.0 Å². The van der Waals surface area contributed by atoms with E-state index in [4.69, 9.17) is 0 Å². The minimum Gasteiger partial charge on any atom is -0.354 e. The van der Waals surface area contributed by atoms with Crippen molar-refractivity contribution in [3.63, 3.8) is 0 Å². The highest BCUT2D eigenvalue weighted by Gasteiger charge is 2.29. The van der Waals surface area contributed by atoms with E-state index in [9.17, 15) is 9.59 Å². The average Bonchev–Trinajstić information content (AvgIpc) is 3.14. The first-order valence-corrected chi connectivity index (χ1v) is 9.17. The Kier molecular flexibility index (Phi) is 9.83. The number of hydrogen-bond donors (Lipinski definition) is 2. The molecule has 0 aliphatic carbocycles. The van der Waals surface area contributed by atoms with Gasteiger partial charge in [0.15, 0.2) is 0 Å². The number of piperidine rings is 1.